The van der Waals surface area contributed by atoms with Crippen molar-refractivity contribution in [3.63, 3.8) is 0 Å². The number of carbonyl (C=O) groups excluding carboxylic acids is 1. The standard InChI is InChI=1S/C18H19BrN2O3S/c19-17-6-2-1-5-16(17)18(22)20-13-14-7-9-15(10-8-14)25(23,24)21-11-3-4-12-21/h1-2,5-10H,3-4,11-13H2,(H,20,22). The summed E-state index contributed by atoms with van der Waals surface area (Å²) in [6.07, 6.45) is 1.83. The molecule has 0 spiro atoms. The average Bonchev–Trinajstić information content (AvgIpc) is 3.16. The van der Waals surface area contributed by atoms with E-state index in [2.05, 4.69) is 21.2 Å². The lowest BCUT2D eigenvalue weighted by atomic mass is 10.2. The molecule has 2 aromatic carbocycles. The lowest BCUT2D eigenvalue weighted by Gasteiger charge is -2.15. The highest BCUT2D eigenvalue weighted by molar-refractivity contribution is 9.10. The van der Waals surface area contributed by atoms with Crippen LogP contribution in [0.25, 0.3) is 0 Å². The van der Waals surface area contributed by atoms with Gasteiger partial charge in [0, 0.05) is 24.1 Å². The summed E-state index contributed by atoms with van der Waals surface area (Å²) in [4.78, 5) is 12.5. The molecule has 1 amide bonds. The Morgan fingerprint density at radius 1 is 1.04 bits per heavy atom. The number of sulfonamides is 1. The molecular weight excluding hydrogens is 404 g/mol. The molecule has 2 aromatic rings. The second-order valence-corrected chi connectivity index (χ2v) is 8.71. The van der Waals surface area contributed by atoms with Crippen molar-refractivity contribution in [2.24, 2.45) is 0 Å². The molecule has 0 aliphatic carbocycles. The number of halogens is 1. The van der Waals surface area contributed by atoms with Crippen LogP contribution in [-0.4, -0.2) is 31.7 Å². The lowest BCUT2D eigenvalue weighted by molar-refractivity contribution is 0.0950. The van der Waals surface area contributed by atoms with Crippen LogP contribution in [0.2, 0.25) is 0 Å². The molecule has 132 valence electrons. The van der Waals surface area contributed by atoms with Gasteiger partial charge in [-0.15, -0.1) is 0 Å². The molecule has 3 rings (SSSR count). The third-order valence-corrected chi connectivity index (χ3v) is 6.80. The van der Waals surface area contributed by atoms with E-state index in [9.17, 15) is 13.2 Å². The number of nitrogens with zero attached hydrogens (tertiary/aromatic N) is 1. The van der Waals surface area contributed by atoms with Gasteiger partial charge in [0.2, 0.25) is 10.0 Å². The van der Waals surface area contributed by atoms with Crippen LogP contribution >= 0.6 is 15.9 Å². The van der Waals surface area contributed by atoms with E-state index in [-0.39, 0.29) is 5.91 Å². The van der Waals surface area contributed by atoms with Crippen molar-refractivity contribution < 1.29 is 13.2 Å². The van der Waals surface area contributed by atoms with Crippen LogP contribution in [-0.2, 0) is 16.6 Å². The maximum Gasteiger partial charge on any atom is 0.252 e. The van der Waals surface area contributed by atoms with E-state index in [1.165, 1.54) is 4.31 Å². The second kappa shape index (κ2) is 7.68. The Morgan fingerprint density at radius 2 is 1.68 bits per heavy atom. The zero-order chi connectivity index (χ0) is 17.9. The van der Waals surface area contributed by atoms with E-state index in [4.69, 9.17) is 0 Å². The van der Waals surface area contributed by atoms with Crippen molar-refractivity contribution in [2.75, 3.05) is 13.1 Å². The molecule has 0 saturated carbocycles. The van der Waals surface area contributed by atoms with E-state index in [0.717, 1.165) is 22.9 Å². The van der Waals surface area contributed by atoms with Crippen LogP contribution in [0.4, 0.5) is 0 Å². The van der Waals surface area contributed by atoms with E-state index < -0.39 is 10.0 Å². The van der Waals surface area contributed by atoms with Gasteiger partial charge >= 0.3 is 0 Å². The van der Waals surface area contributed by atoms with Crippen molar-refractivity contribution in [1.82, 2.24) is 9.62 Å². The highest BCUT2D eigenvalue weighted by Crippen LogP contribution is 2.21. The first-order valence-electron chi connectivity index (χ1n) is 8.10. The lowest BCUT2D eigenvalue weighted by Crippen LogP contribution is -2.28. The molecule has 0 aromatic heterocycles. The van der Waals surface area contributed by atoms with Crippen LogP contribution in [0.3, 0.4) is 0 Å². The van der Waals surface area contributed by atoms with Crippen molar-refractivity contribution >= 4 is 31.9 Å². The number of benzene rings is 2. The fraction of sp³-hybridized carbons (Fsp3) is 0.278. The quantitative estimate of drug-likeness (QED) is 0.804. The van der Waals surface area contributed by atoms with Gasteiger partial charge in [-0.2, -0.15) is 4.31 Å². The molecule has 1 saturated heterocycles. The van der Waals surface area contributed by atoms with Crippen molar-refractivity contribution in [3.05, 3.63) is 64.1 Å². The summed E-state index contributed by atoms with van der Waals surface area (Å²) in [5.74, 6) is -0.179. The Hall–Kier alpha value is -1.70. The fourth-order valence-corrected chi connectivity index (χ4v) is 4.76. The van der Waals surface area contributed by atoms with Gasteiger partial charge < -0.3 is 5.32 Å². The van der Waals surface area contributed by atoms with Crippen molar-refractivity contribution in [3.8, 4) is 0 Å². The van der Waals surface area contributed by atoms with Crippen LogP contribution in [0.15, 0.2) is 57.9 Å². The molecule has 0 radical (unpaired) electrons. The molecule has 0 unspecified atom stereocenters. The largest absolute Gasteiger partial charge is 0.348 e. The maximum absolute atomic E-state index is 12.5. The van der Waals surface area contributed by atoms with Gasteiger partial charge in [0.25, 0.3) is 5.91 Å². The molecular formula is C18H19BrN2O3S. The number of hydrogen-bond acceptors (Lipinski definition) is 3. The smallest absolute Gasteiger partial charge is 0.252 e. The van der Waals surface area contributed by atoms with E-state index >= 15 is 0 Å². The van der Waals surface area contributed by atoms with Gasteiger partial charge in [0.1, 0.15) is 0 Å². The Kier molecular flexibility index (Phi) is 5.56. The summed E-state index contributed by atoms with van der Waals surface area (Å²) in [7, 11) is -3.40. The molecule has 7 heteroatoms. The Bertz CT molecular complexity index is 860. The van der Waals surface area contributed by atoms with Gasteiger partial charge in [0.05, 0.1) is 10.5 Å². The summed E-state index contributed by atoms with van der Waals surface area (Å²) in [5, 5.41) is 2.84. The van der Waals surface area contributed by atoms with Gasteiger partial charge in [-0.25, -0.2) is 8.42 Å². The minimum atomic E-state index is -3.40. The maximum atomic E-state index is 12.5. The Labute approximate surface area is 156 Å². The predicted octanol–water partition coefficient (Wildman–Crippen LogP) is 3.16. The van der Waals surface area contributed by atoms with Crippen LogP contribution in [0, 0.1) is 0 Å². The molecule has 0 atom stereocenters. The summed E-state index contributed by atoms with van der Waals surface area (Å²) in [6.45, 7) is 1.52. The number of rotatable bonds is 5. The number of carbonyl (C=O) groups is 1. The van der Waals surface area contributed by atoms with Crippen LogP contribution in [0.5, 0.6) is 0 Å². The van der Waals surface area contributed by atoms with Crippen LogP contribution < -0.4 is 5.32 Å². The Balaban J connectivity index is 1.65. The summed E-state index contributed by atoms with van der Waals surface area (Å²) >= 11 is 3.35. The van der Waals surface area contributed by atoms with E-state index in [1.54, 1.807) is 36.4 Å². The number of hydrogen-bond donors (Lipinski definition) is 1. The summed E-state index contributed by atoms with van der Waals surface area (Å²) in [6, 6.07) is 13.9. The van der Waals surface area contributed by atoms with Gasteiger partial charge in [-0.05, 0) is 58.6 Å². The molecule has 1 heterocycles. The molecule has 1 N–H and O–H groups in total. The van der Waals surface area contributed by atoms with Gasteiger partial charge in [0.15, 0.2) is 0 Å². The Morgan fingerprint density at radius 3 is 2.32 bits per heavy atom. The molecule has 0 bridgehead atoms. The first-order valence-corrected chi connectivity index (χ1v) is 10.3. The summed E-state index contributed by atoms with van der Waals surface area (Å²) in [5.41, 5.74) is 1.41. The number of nitrogens with one attached hydrogen (secondary N) is 1. The monoisotopic (exact) mass is 422 g/mol. The molecule has 1 aliphatic rings. The molecule has 1 aliphatic heterocycles. The molecule has 5 nitrogen and oxygen atoms in total. The van der Waals surface area contributed by atoms with Crippen molar-refractivity contribution in [1.29, 1.82) is 0 Å². The average molecular weight is 423 g/mol. The minimum Gasteiger partial charge on any atom is -0.348 e. The zero-order valence-corrected chi connectivity index (χ0v) is 16.0. The SMILES string of the molecule is O=C(NCc1ccc(S(=O)(=O)N2CCCC2)cc1)c1ccccc1Br. The normalized spacial score (nSPS) is 15.2. The summed E-state index contributed by atoms with van der Waals surface area (Å²) < 4.78 is 27.2. The second-order valence-electron chi connectivity index (χ2n) is 5.92. The van der Waals surface area contributed by atoms with Gasteiger partial charge in [-0.3, -0.25) is 4.79 Å². The topological polar surface area (TPSA) is 66.5 Å². The first kappa shape index (κ1) is 18.1. The first-order chi connectivity index (χ1) is 12.0. The van der Waals surface area contributed by atoms with Gasteiger partial charge in [-0.1, -0.05) is 24.3 Å². The molecule has 25 heavy (non-hydrogen) atoms. The highest BCUT2D eigenvalue weighted by atomic mass is 79.9. The zero-order valence-electron chi connectivity index (χ0n) is 13.6. The number of amides is 1. The highest BCUT2D eigenvalue weighted by Gasteiger charge is 2.26. The van der Waals surface area contributed by atoms with Crippen LogP contribution in [0.1, 0.15) is 28.8 Å². The van der Waals surface area contributed by atoms with Crippen molar-refractivity contribution in [2.45, 2.75) is 24.3 Å². The fourth-order valence-electron chi connectivity index (χ4n) is 2.78. The third kappa shape index (κ3) is 4.11. The molecule has 1 fully saturated rings. The third-order valence-electron chi connectivity index (χ3n) is 4.20. The van der Waals surface area contributed by atoms with E-state index in [0.29, 0.717) is 30.1 Å². The minimum absolute atomic E-state index is 0.179. The predicted molar refractivity (Wildman–Crippen MR) is 99.7 cm³/mol. The van der Waals surface area contributed by atoms with E-state index in [1.807, 2.05) is 12.1 Å².